The van der Waals surface area contributed by atoms with E-state index in [-0.39, 0.29) is 18.3 Å². The van der Waals surface area contributed by atoms with Crippen molar-refractivity contribution >= 4 is 22.6 Å². The normalized spacial score (nSPS) is 19.5. The summed E-state index contributed by atoms with van der Waals surface area (Å²) in [7, 11) is 0. The maximum atomic E-state index is 14.3. The molecule has 34 heavy (non-hydrogen) atoms. The number of ether oxygens (including phenoxy) is 1. The minimum Gasteiger partial charge on any atom is -0.490 e. The minimum absolute atomic E-state index is 0.00508. The molecule has 0 radical (unpaired) electrons. The maximum absolute atomic E-state index is 14.3. The zero-order valence-corrected chi connectivity index (χ0v) is 18.8. The van der Waals surface area contributed by atoms with Crippen molar-refractivity contribution < 1.29 is 22.7 Å². The largest absolute Gasteiger partial charge is 0.490 e. The molecule has 1 fully saturated rings. The summed E-state index contributed by atoms with van der Waals surface area (Å²) in [6, 6.07) is 11.3. The lowest BCUT2D eigenvalue weighted by atomic mass is 9.98. The molecule has 2 aromatic carbocycles. The Bertz CT molecular complexity index is 1170. The number of alkyl halides is 3. The van der Waals surface area contributed by atoms with Crippen LogP contribution in [0, 0.1) is 0 Å². The first-order chi connectivity index (χ1) is 16.4. The van der Waals surface area contributed by atoms with Gasteiger partial charge in [-0.05, 0) is 62.3 Å². The van der Waals surface area contributed by atoms with Gasteiger partial charge in [-0.2, -0.15) is 13.2 Å². The molecule has 2 amide bonds. The number of benzene rings is 2. The van der Waals surface area contributed by atoms with E-state index in [0.29, 0.717) is 35.4 Å². The molecule has 1 aliphatic carbocycles. The van der Waals surface area contributed by atoms with Crippen molar-refractivity contribution in [3.63, 3.8) is 0 Å². The molecule has 2 N–H and O–H groups in total. The van der Waals surface area contributed by atoms with Gasteiger partial charge in [0.15, 0.2) is 6.04 Å². The Labute approximate surface area is 196 Å². The highest BCUT2D eigenvalue weighted by molar-refractivity contribution is 5.91. The number of carbonyl (C=O) groups excluding carboxylic acids is 1. The number of hydrogen-bond donors (Lipinski definition) is 2. The number of nitrogens with one attached hydrogen (secondary N) is 2. The van der Waals surface area contributed by atoms with Gasteiger partial charge in [0, 0.05) is 29.2 Å². The van der Waals surface area contributed by atoms with Crippen molar-refractivity contribution in [2.45, 2.75) is 63.3 Å². The van der Waals surface area contributed by atoms with E-state index in [9.17, 15) is 18.0 Å². The molecule has 0 spiro atoms. The van der Waals surface area contributed by atoms with Crippen molar-refractivity contribution in [1.29, 1.82) is 0 Å². The van der Waals surface area contributed by atoms with Gasteiger partial charge in [-0.15, -0.1) is 0 Å². The fraction of sp³-hybridized carbons (Fsp3) is 0.423. The number of amides is 2. The highest BCUT2D eigenvalue weighted by atomic mass is 19.4. The summed E-state index contributed by atoms with van der Waals surface area (Å²) < 4.78 is 49.1. The number of aryl methyl sites for hydroxylation is 1. The van der Waals surface area contributed by atoms with E-state index in [2.05, 4.69) is 10.3 Å². The summed E-state index contributed by atoms with van der Waals surface area (Å²) in [5, 5.41) is 3.46. The number of fused-ring (bicyclic) bond motifs is 3. The number of hydrogen-bond acceptors (Lipinski definition) is 2. The average molecular weight is 472 g/mol. The maximum Gasteiger partial charge on any atom is 0.414 e. The van der Waals surface area contributed by atoms with Crippen molar-refractivity contribution in [3.8, 4) is 5.75 Å². The van der Waals surface area contributed by atoms with E-state index in [1.54, 1.807) is 30.3 Å². The van der Waals surface area contributed by atoms with Crippen LogP contribution in [0.4, 0.5) is 23.7 Å². The topological polar surface area (TPSA) is 57.4 Å². The highest BCUT2D eigenvalue weighted by Gasteiger charge is 2.49. The molecule has 2 heterocycles. The summed E-state index contributed by atoms with van der Waals surface area (Å²) in [5.74, 6) is 0.617. The predicted octanol–water partition coefficient (Wildman–Crippen LogP) is 6.96. The monoisotopic (exact) mass is 471 g/mol. The number of aromatic amines is 1. The zero-order chi connectivity index (χ0) is 23.7. The predicted molar refractivity (Wildman–Crippen MR) is 125 cm³/mol. The quantitative estimate of drug-likeness (QED) is 0.434. The summed E-state index contributed by atoms with van der Waals surface area (Å²) >= 11 is 0. The Balaban J connectivity index is 1.40. The van der Waals surface area contributed by atoms with Gasteiger partial charge in [-0.1, -0.05) is 30.7 Å². The van der Waals surface area contributed by atoms with Gasteiger partial charge < -0.3 is 19.9 Å². The van der Waals surface area contributed by atoms with Gasteiger partial charge in [0.2, 0.25) is 0 Å². The molecule has 2 aliphatic rings. The summed E-state index contributed by atoms with van der Waals surface area (Å²) in [6.07, 6.45) is 1.89. The van der Waals surface area contributed by atoms with E-state index < -0.39 is 18.2 Å². The van der Waals surface area contributed by atoms with Crippen LogP contribution in [0.1, 0.15) is 55.8 Å². The average Bonchev–Trinajstić information content (AvgIpc) is 3.04. The molecule has 1 aliphatic heterocycles. The number of urea groups is 1. The second kappa shape index (κ2) is 9.24. The van der Waals surface area contributed by atoms with Gasteiger partial charge in [0.05, 0.1) is 11.8 Å². The first-order valence-corrected chi connectivity index (χ1v) is 11.9. The van der Waals surface area contributed by atoms with Gasteiger partial charge in [0.1, 0.15) is 5.75 Å². The Hall–Kier alpha value is -3.16. The van der Waals surface area contributed by atoms with Crippen LogP contribution < -0.4 is 10.1 Å². The number of rotatable bonds is 3. The molecule has 3 aromatic rings. The lowest BCUT2D eigenvalue weighted by Crippen LogP contribution is -2.44. The van der Waals surface area contributed by atoms with Gasteiger partial charge in [0.25, 0.3) is 0 Å². The molecule has 8 heteroatoms. The van der Waals surface area contributed by atoms with E-state index in [1.807, 2.05) is 18.2 Å². The first kappa shape index (κ1) is 22.6. The molecule has 0 bridgehead atoms. The van der Waals surface area contributed by atoms with Crippen LogP contribution in [-0.4, -0.2) is 34.7 Å². The summed E-state index contributed by atoms with van der Waals surface area (Å²) in [5.41, 5.74) is 1.75. The second-order valence-electron chi connectivity index (χ2n) is 9.14. The zero-order valence-electron chi connectivity index (χ0n) is 18.8. The summed E-state index contributed by atoms with van der Waals surface area (Å²) in [6.45, 7) is 0.00508. The molecule has 5 nitrogen and oxygen atoms in total. The molecule has 180 valence electrons. The lowest BCUT2D eigenvalue weighted by Gasteiger charge is -2.31. The van der Waals surface area contributed by atoms with Crippen LogP contribution in [0.3, 0.4) is 0 Å². The van der Waals surface area contributed by atoms with Crippen LogP contribution in [-0.2, 0) is 6.42 Å². The lowest BCUT2D eigenvalue weighted by molar-refractivity contribution is -0.178. The van der Waals surface area contributed by atoms with E-state index in [1.165, 1.54) is 6.42 Å². The number of anilines is 1. The van der Waals surface area contributed by atoms with Crippen LogP contribution in [0.25, 0.3) is 10.9 Å². The van der Waals surface area contributed by atoms with Gasteiger partial charge >= 0.3 is 12.2 Å². The molecule has 1 unspecified atom stereocenters. The van der Waals surface area contributed by atoms with E-state index in [4.69, 9.17) is 4.74 Å². The van der Waals surface area contributed by atoms with Gasteiger partial charge in [-0.25, -0.2) is 4.79 Å². The van der Waals surface area contributed by atoms with Crippen LogP contribution >= 0.6 is 0 Å². The molecule has 1 saturated carbocycles. The van der Waals surface area contributed by atoms with Crippen molar-refractivity contribution in [2.24, 2.45) is 0 Å². The highest BCUT2D eigenvalue weighted by Crippen LogP contribution is 2.43. The van der Waals surface area contributed by atoms with Crippen molar-refractivity contribution in [2.75, 3.05) is 11.9 Å². The SMILES string of the molecule is O=C(Nc1cccc(OC2CCCCC2)c1)N1CCCc2c([nH]c3ccccc23)C1C(F)(F)F. The number of nitrogens with zero attached hydrogens (tertiary/aromatic N) is 1. The molecule has 1 atom stereocenters. The first-order valence-electron chi connectivity index (χ1n) is 11.9. The number of aromatic nitrogens is 1. The number of H-pyrrole nitrogens is 1. The smallest absolute Gasteiger partial charge is 0.414 e. The van der Waals surface area contributed by atoms with Crippen LogP contribution in [0.5, 0.6) is 5.75 Å². The van der Waals surface area contributed by atoms with E-state index in [0.717, 1.165) is 36.0 Å². The van der Waals surface area contributed by atoms with E-state index >= 15 is 0 Å². The molecular weight excluding hydrogens is 443 g/mol. The third kappa shape index (κ3) is 4.58. The Morgan fingerprint density at radius 3 is 2.62 bits per heavy atom. The van der Waals surface area contributed by atoms with Crippen molar-refractivity contribution in [1.82, 2.24) is 9.88 Å². The Kier molecular flexibility index (Phi) is 6.15. The number of para-hydroxylation sites is 1. The minimum atomic E-state index is -4.62. The second-order valence-corrected chi connectivity index (χ2v) is 9.14. The number of carbonyl (C=O) groups is 1. The van der Waals surface area contributed by atoms with Crippen molar-refractivity contribution in [3.05, 3.63) is 59.8 Å². The molecule has 1 aromatic heterocycles. The fourth-order valence-electron chi connectivity index (χ4n) is 5.21. The molecular formula is C26H28F3N3O2. The van der Waals surface area contributed by atoms with Gasteiger partial charge in [-0.3, -0.25) is 0 Å². The third-order valence-corrected chi connectivity index (χ3v) is 6.77. The Morgan fingerprint density at radius 2 is 1.82 bits per heavy atom. The standard InChI is InChI=1S/C26H28F3N3O2/c27-26(28,29)24-23-21(20-12-4-5-14-22(20)31-23)13-7-15-32(24)25(33)30-17-8-6-11-19(16-17)34-18-9-2-1-3-10-18/h4-6,8,11-12,14,16,18,24,31H,1-3,7,9-10,13,15H2,(H,30,33). The van der Waals surface area contributed by atoms with Crippen LogP contribution in [0.15, 0.2) is 48.5 Å². The fourth-order valence-corrected chi connectivity index (χ4v) is 5.21. The molecule has 0 saturated heterocycles. The third-order valence-electron chi connectivity index (χ3n) is 6.77. The number of halogens is 3. The Morgan fingerprint density at radius 1 is 1.03 bits per heavy atom. The van der Waals surface area contributed by atoms with Crippen LogP contribution in [0.2, 0.25) is 0 Å². The summed E-state index contributed by atoms with van der Waals surface area (Å²) in [4.78, 5) is 17.0. The molecule has 5 rings (SSSR count).